The molecule has 0 fully saturated rings. The van der Waals surface area contributed by atoms with Crippen molar-refractivity contribution in [2.75, 3.05) is 11.9 Å². The fourth-order valence-electron chi connectivity index (χ4n) is 1.27. The molecule has 0 saturated carbocycles. The van der Waals surface area contributed by atoms with Gasteiger partial charge in [-0.2, -0.15) is 5.10 Å². The molecule has 0 saturated heterocycles. The summed E-state index contributed by atoms with van der Waals surface area (Å²) >= 11 is 0. The third kappa shape index (κ3) is 2.10. The van der Waals surface area contributed by atoms with E-state index in [0.717, 1.165) is 0 Å². The summed E-state index contributed by atoms with van der Waals surface area (Å²) in [4.78, 5) is 15.3. The zero-order valence-corrected chi connectivity index (χ0v) is 9.19. The molecule has 0 atom stereocenters. The highest BCUT2D eigenvalue weighted by molar-refractivity contribution is 5.48. The van der Waals surface area contributed by atoms with Gasteiger partial charge in [0.05, 0.1) is 0 Å². The van der Waals surface area contributed by atoms with E-state index in [1.165, 1.54) is 16.3 Å². The lowest BCUT2D eigenvalue weighted by atomic mass is 10.3. The van der Waals surface area contributed by atoms with Gasteiger partial charge in [-0.15, -0.1) is 0 Å². The maximum atomic E-state index is 11.2. The number of fused-ring (bicyclic) bond motifs is 1. The van der Waals surface area contributed by atoms with Crippen LogP contribution in [0.1, 0.15) is 13.8 Å². The van der Waals surface area contributed by atoms with Crippen LogP contribution in [0.4, 0.5) is 5.82 Å². The fourth-order valence-corrected chi connectivity index (χ4v) is 1.27. The third-order valence-corrected chi connectivity index (χ3v) is 2.10. The minimum Gasteiger partial charge on any atom is -0.366 e. The zero-order chi connectivity index (χ0) is 11.5. The summed E-state index contributed by atoms with van der Waals surface area (Å²) in [6, 6.07) is 1.72. The molecule has 0 aliphatic carbocycles. The lowest BCUT2D eigenvalue weighted by molar-refractivity contribution is 0.995. The molecule has 2 aromatic rings. The Morgan fingerprint density at radius 2 is 2.44 bits per heavy atom. The van der Waals surface area contributed by atoms with Crippen molar-refractivity contribution in [2.45, 2.75) is 13.8 Å². The molecule has 0 aliphatic heterocycles. The fraction of sp³-hybridized carbons (Fsp3) is 0.300. The monoisotopic (exact) mass is 219 g/mol. The van der Waals surface area contributed by atoms with E-state index in [0.29, 0.717) is 18.0 Å². The lowest BCUT2D eigenvalue weighted by Crippen LogP contribution is -2.10. The van der Waals surface area contributed by atoms with Crippen LogP contribution >= 0.6 is 0 Å². The number of aromatic nitrogens is 4. The minimum atomic E-state index is -0.279. The van der Waals surface area contributed by atoms with Crippen molar-refractivity contribution >= 4 is 11.5 Å². The molecule has 0 radical (unpaired) electrons. The smallest absolute Gasteiger partial charge is 0.348 e. The molecule has 6 nitrogen and oxygen atoms in total. The van der Waals surface area contributed by atoms with Gasteiger partial charge in [0, 0.05) is 12.6 Å². The Kier molecular flexibility index (Phi) is 2.72. The number of nitrogens with one attached hydrogen (secondary N) is 2. The van der Waals surface area contributed by atoms with E-state index in [-0.39, 0.29) is 5.69 Å². The Labute approximate surface area is 92.0 Å². The van der Waals surface area contributed by atoms with Crippen LogP contribution in [0, 0.1) is 0 Å². The number of aromatic amines is 1. The molecule has 2 N–H and O–H groups in total. The van der Waals surface area contributed by atoms with Gasteiger partial charge in [0.15, 0.2) is 5.65 Å². The van der Waals surface area contributed by atoms with Gasteiger partial charge in [-0.3, -0.25) is 0 Å². The van der Waals surface area contributed by atoms with Crippen molar-refractivity contribution < 1.29 is 0 Å². The van der Waals surface area contributed by atoms with E-state index in [1.807, 2.05) is 13.8 Å². The van der Waals surface area contributed by atoms with Crippen LogP contribution in [0.25, 0.3) is 5.65 Å². The van der Waals surface area contributed by atoms with E-state index in [2.05, 4.69) is 26.6 Å². The van der Waals surface area contributed by atoms with Crippen LogP contribution in [0.15, 0.2) is 28.8 Å². The standard InChI is InChI=1S/C10H13N5O/c1-7(2)3-4-11-8-5-9-13-14-10(16)15(9)6-12-8/h3,5-6,11H,4H2,1-2H3,(H,14,16). The molecular formula is C10H13N5O. The van der Waals surface area contributed by atoms with Crippen molar-refractivity contribution in [3.63, 3.8) is 0 Å². The first-order valence-corrected chi connectivity index (χ1v) is 4.97. The molecule has 0 unspecified atom stereocenters. The van der Waals surface area contributed by atoms with Gasteiger partial charge in [-0.25, -0.2) is 19.3 Å². The summed E-state index contributed by atoms with van der Waals surface area (Å²) in [5, 5.41) is 9.33. The van der Waals surface area contributed by atoms with Gasteiger partial charge in [0.1, 0.15) is 12.1 Å². The van der Waals surface area contributed by atoms with Gasteiger partial charge in [0.25, 0.3) is 0 Å². The normalized spacial score (nSPS) is 10.4. The van der Waals surface area contributed by atoms with Crippen molar-refractivity contribution in [3.8, 4) is 0 Å². The van der Waals surface area contributed by atoms with Crippen LogP contribution < -0.4 is 11.0 Å². The van der Waals surface area contributed by atoms with E-state index < -0.39 is 0 Å². The number of H-pyrrole nitrogens is 1. The number of rotatable bonds is 3. The van der Waals surface area contributed by atoms with Crippen molar-refractivity contribution in [1.82, 2.24) is 19.6 Å². The summed E-state index contributed by atoms with van der Waals surface area (Å²) in [5.41, 5.74) is 1.52. The van der Waals surface area contributed by atoms with Crippen LogP contribution in [-0.4, -0.2) is 26.1 Å². The summed E-state index contributed by atoms with van der Waals surface area (Å²) in [6.45, 7) is 4.78. The maximum Gasteiger partial charge on any atom is 0.348 e. The van der Waals surface area contributed by atoms with Crippen LogP contribution in [0.5, 0.6) is 0 Å². The summed E-state index contributed by atoms with van der Waals surface area (Å²) < 4.78 is 1.35. The molecule has 0 aliphatic rings. The first kappa shape index (κ1) is 10.4. The highest BCUT2D eigenvalue weighted by Gasteiger charge is 2.00. The molecule has 6 heteroatoms. The Morgan fingerprint density at radius 3 is 3.19 bits per heavy atom. The summed E-state index contributed by atoms with van der Waals surface area (Å²) in [5.74, 6) is 0.698. The molecule has 0 amide bonds. The van der Waals surface area contributed by atoms with Gasteiger partial charge in [-0.05, 0) is 13.8 Å². The van der Waals surface area contributed by atoms with E-state index in [4.69, 9.17) is 0 Å². The first-order chi connectivity index (χ1) is 7.66. The Hall–Kier alpha value is -2.11. The van der Waals surface area contributed by atoms with Crippen molar-refractivity contribution in [1.29, 1.82) is 0 Å². The SMILES string of the molecule is CC(C)=CCNc1cc2n[nH]c(=O)n2cn1. The quantitative estimate of drug-likeness (QED) is 0.748. The maximum absolute atomic E-state index is 11.2. The molecule has 2 rings (SSSR count). The number of anilines is 1. The van der Waals surface area contributed by atoms with Crippen LogP contribution in [0.3, 0.4) is 0 Å². The number of allylic oxidation sites excluding steroid dienone is 1. The molecule has 84 valence electrons. The Balaban J connectivity index is 2.20. The second-order valence-electron chi connectivity index (χ2n) is 3.69. The predicted octanol–water partition coefficient (Wildman–Crippen LogP) is 0.796. The van der Waals surface area contributed by atoms with Gasteiger partial charge >= 0.3 is 5.69 Å². The molecule has 0 spiro atoms. The average molecular weight is 219 g/mol. The highest BCUT2D eigenvalue weighted by atomic mass is 16.1. The second-order valence-corrected chi connectivity index (χ2v) is 3.69. The molecule has 16 heavy (non-hydrogen) atoms. The van der Waals surface area contributed by atoms with Crippen molar-refractivity contribution in [2.24, 2.45) is 0 Å². The van der Waals surface area contributed by atoms with Crippen molar-refractivity contribution in [3.05, 3.63) is 34.5 Å². The second kappa shape index (κ2) is 4.18. The van der Waals surface area contributed by atoms with Gasteiger partial charge in [-0.1, -0.05) is 11.6 Å². The summed E-state index contributed by atoms with van der Waals surface area (Å²) in [7, 11) is 0. The number of hydrogen-bond acceptors (Lipinski definition) is 4. The highest BCUT2D eigenvalue weighted by Crippen LogP contribution is 2.03. The largest absolute Gasteiger partial charge is 0.366 e. The molecule has 2 heterocycles. The number of nitrogens with zero attached hydrogens (tertiary/aromatic N) is 3. The molecular weight excluding hydrogens is 206 g/mol. The van der Waals surface area contributed by atoms with E-state index >= 15 is 0 Å². The Bertz CT molecular complexity index is 576. The topological polar surface area (TPSA) is 75.1 Å². The number of hydrogen-bond donors (Lipinski definition) is 2. The average Bonchev–Trinajstić information content (AvgIpc) is 2.60. The van der Waals surface area contributed by atoms with E-state index in [1.54, 1.807) is 6.07 Å². The molecule has 2 aromatic heterocycles. The van der Waals surface area contributed by atoms with Gasteiger partial charge < -0.3 is 5.32 Å². The third-order valence-electron chi connectivity index (χ3n) is 2.10. The molecule has 0 aromatic carbocycles. The Morgan fingerprint density at radius 1 is 1.62 bits per heavy atom. The zero-order valence-electron chi connectivity index (χ0n) is 9.19. The molecule has 0 bridgehead atoms. The van der Waals surface area contributed by atoms with E-state index in [9.17, 15) is 4.79 Å². The lowest BCUT2D eigenvalue weighted by Gasteiger charge is -2.01. The minimum absolute atomic E-state index is 0.279. The van der Waals surface area contributed by atoms with Gasteiger partial charge in [0.2, 0.25) is 0 Å². The predicted molar refractivity (Wildman–Crippen MR) is 61.5 cm³/mol. The van der Waals surface area contributed by atoms with Crippen LogP contribution in [-0.2, 0) is 0 Å². The van der Waals surface area contributed by atoms with Crippen LogP contribution in [0.2, 0.25) is 0 Å². The summed E-state index contributed by atoms with van der Waals surface area (Å²) in [6.07, 6.45) is 3.51. The first-order valence-electron chi connectivity index (χ1n) is 4.97.